The smallest absolute Gasteiger partial charge is 0.218 e. The van der Waals surface area contributed by atoms with Crippen LogP contribution in [0.25, 0.3) is 0 Å². The molecule has 0 aliphatic carbocycles. The predicted molar refractivity (Wildman–Crippen MR) is 116 cm³/mol. The second-order valence-electron chi connectivity index (χ2n) is 7.59. The second-order valence-corrected chi connectivity index (χ2v) is 9.56. The minimum atomic E-state index is -3.74. The van der Waals surface area contributed by atoms with E-state index in [4.69, 9.17) is 9.47 Å². The topological polar surface area (TPSA) is 55.8 Å². The van der Waals surface area contributed by atoms with Crippen molar-refractivity contribution in [2.45, 2.75) is 25.5 Å². The monoisotopic (exact) mass is 459 g/mol. The molecule has 1 aliphatic heterocycles. The fraction of sp³-hybridized carbons (Fsp3) is 0.250. The molecular weight excluding hydrogens is 436 g/mol. The zero-order valence-electron chi connectivity index (χ0n) is 17.3. The summed E-state index contributed by atoms with van der Waals surface area (Å²) in [6.45, 7) is 1.17. The summed E-state index contributed by atoms with van der Waals surface area (Å²) in [5.74, 6) is -0.622. The maximum absolute atomic E-state index is 14.0. The van der Waals surface area contributed by atoms with Gasteiger partial charge in [-0.1, -0.05) is 36.4 Å². The molecular formula is C24H23F2NO4S. The highest BCUT2D eigenvalue weighted by Crippen LogP contribution is 2.27. The zero-order valence-corrected chi connectivity index (χ0v) is 18.2. The minimum Gasteiger partial charge on any atom is -0.492 e. The number of ether oxygens (including phenoxy) is 2. The molecule has 0 spiro atoms. The van der Waals surface area contributed by atoms with E-state index in [-0.39, 0.29) is 31.1 Å². The number of sulfonamides is 1. The molecule has 0 saturated carbocycles. The first-order chi connectivity index (χ1) is 15.4. The van der Waals surface area contributed by atoms with Crippen LogP contribution in [-0.4, -0.2) is 25.9 Å². The van der Waals surface area contributed by atoms with Crippen LogP contribution in [0.15, 0.2) is 66.7 Å². The SMILES string of the molecule is O=S(=O)(Cc1ccccc1F)N1CCOc2ccc(COCc3ccc(F)cc3)cc2C1. The fourth-order valence-corrected chi connectivity index (χ4v) is 5.02. The highest BCUT2D eigenvalue weighted by Gasteiger charge is 2.27. The van der Waals surface area contributed by atoms with Gasteiger partial charge in [-0.3, -0.25) is 0 Å². The largest absolute Gasteiger partial charge is 0.492 e. The third-order valence-corrected chi connectivity index (χ3v) is 6.98. The molecule has 5 nitrogen and oxygen atoms in total. The molecule has 0 amide bonds. The van der Waals surface area contributed by atoms with E-state index in [0.29, 0.717) is 19.0 Å². The maximum atomic E-state index is 14.0. The molecule has 0 atom stereocenters. The molecule has 0 fully saturated rings. The summed E-state index contributed by atoms with van der Waals surface area (Å²) in [6.07, 6.45) is 0. The Balaban J connectivity index is 1.44. The summed E-state index contributed by atoms with van der Waals surface area (Å²) in [7, 11) is -3.74. The van der Waals surface area contributed by atoms with Gasteiger partial charge >= 0.3 is 0 Å². The first-order valence-electron chi connectivity index (χ1n) is 10.2. The van der Waals surface area contributed by atoms with Crippen molar-refractivity contribution in [3.05, 3.63) is 101 Å². The molecule has 0 radical (unpaired) electrons. The van der Waals surface area contributed by atoms with Crippen LogP contribution in [0.4, 0.5) is 8.78 Å². The normalized spacial score (nSPS) is 14.4. The van der Waals surface area contributed by atoms with Crippen molar-refractivity contribution in [3.63, 3.8) is 0 Å². The fourth-order valence-electron chi connectivity index (χ4n) is 3.52. The van der Waals surface area contributed by atoms with Crippen LogP contribution < -0.4 is 4.74 Å². The summed E-state index contributed by atoms with van der Waals surface area (Å²) in [6, 6.07) is 17.5. The molecule has 1 aliphatic rings. The average Bonchev–Trinajstić information content (AvgIpc) is 2.99. The lowest BCUT2D eigenvalue weighted by molar-refractivity contribution is 0.107. The van der Waals surface area contributed by atoms with Gasteiger partial charge in [0.15, 0.2) is 0 Å². The molecule has 3 aromatic carbocycles. The molecule has 0 N–H and O–H groups in total. The van der Waals surface area contributed by atoms with Crippen molar-refractivity contribution >= 4 is 10.0 Å². The minimum absolute atomic E-state index is 0.137. The van der Waals surface area contributed by atoms with Gasteiger partial charge in [-0.25, -0.2) is 17.2 Å². The van der Waals surface area contributed by atoms with E-state index in [1.165, 1.54) is 34.6 Å². The lowest BCUT2D eigenvalue weighted by atomic mass is 10.1. The van der Waals surface area contributed by atoms with Gasteiger partial charge in [-0.2, -0.15) is 4.31 Å². The van der Waals surface area contributed by atoms with E-state index in [2.05, 4.69) is 0 Å². The summed E-state index contributed by atoms with van der Waals surface area (Å²) in [5.41, 5.74) is 2.58. The molecule has 8 heteroatoms. The van der Waals surface area contributed by atoms with Gasteiger partial charge in [-0.05, 0) is 41.5 Å². The van der Waals surface area contributed by atoms with Crippen LogP contribution in [0.3, 0.4) is 0 Å². The van der Waals surface area contributed by atoms with Crippen molar-refractivity contribution in [1.29, 1.82) is 0 Å². The predicted octanol–water partition coefficient (Wildman–Crippen LogP) is 4.41. The van der Waals surface area contributed by atoms with Crippen LogP contribution in [-0.2, 0) is 40.3 Å². The number of fused-ring (bicyclic) bond motifs is 1. The number of hydrogen-bond acceptors (Lipinski definition) is 4. The van der Waals surface area contributed by atoms with Gasteiger partial charge in [0, 0.05) is 24.2 Å². The number of rotatable bonds is 7. The molecule has 0 bridgehead atoms. The van der Waals surface area contributed by atoms with E-state index >= 15 is 0 Å². The Morgan fingerprint density at radius 1 is 0.938 bits per heavy atom. The van der Waals surface area contributed by atoms with Crippen molar-refractivity contribution < 1.29 is 26.7 Å². The van der Waals surface area contributed by atoms with E-state index < -0.39 is 21.6 Å². The Bertz CT molecular complexity index is 1180. The van der Waals surface area contributed by atoms with Crippen LogP contribution in [0.5, 0.6) is 5.75 Å². The van der Waals surface area contributed by atoms with Crippen molar-refractivity contribution in [2.75, 3.05) is 13.2 Å². The Kier molecular flexibility index (Phi) is 6.83. The highest BCUT2D eigenvalue weighted by molar-refractivity contribution is 7.88. The first kappa shape index (κ1) is 22.4. The summed E-state index contributed by atoms with van der Waals surface area (Å²) >= 11 is 0. The zero-order chi connectivity index (χ0) is 22.6. The van der Waals surface area contributed by atoms with Crippen molar-refractivity contribution in [2.24, 2.45) is 0 Å². The molecule has 0 aromatic heterocycles. The van der Waals surface area contributed by atoms with Gasteiger partial charge < -0.3 is 9.47 Å². The molecule has 3 aromatic rings. The van der Waals surface area contributed by atoms with Gasteiger partial charge in [0.1, 0.15) is 24.0 Å². The quantitative estimate of drug-likeness (QED) is 0.525. The van der Waals surface area contributed by atoms with Crippen molar-refractivity contribution in [1.82, 2.24) is 4.31 Å². The third kappa shape index (κ3) is 5.51. The molecule has 168 valence electrons. The van der Waals surface area contributed by atoms with E-state index in [9.17, 15) is 17.2 Å². The summed E-state index contributed by atoms with van der Waals surface area (Å²) in [4.78, 5) is 0. The van der Waals surface area contributed by atoms with Crippen LogP contribution >= 0.6 is 0 Å². The molecule has 0 unspecified atom stereocenters. The Morgan fingerprint density at radius 2 is 1.66 bits per heavy atom. The van der Waals surface area contributed by atoms with E-state index in [1.807, 2.05) is 12.1 Å². The number of nitrogens with zero attached hydrogens (tertiary/aromatic N) is 1. The standard InChI is InChI=1S/C24H23F2NO4S/c25-22-8-5-18(6-9-22)15-30-16-19-7-10-24-21(13-19)14-27(11-12-31-24)32(28,29)17-20-3-1-2-4-23(20)26/h1-10,13H,11-12,14-17H2. The maximum Gasteiger partial charge on any atom is 0.218 e. The van der Waals surface area contributed by atoms with Crippen LogP contribution in [0, 0.1) is 11.6 Å². The number of hydrogen-bond donors (Lipinski definition) is 0. The van der Waals surface area contributed by atoms with Gasteiger partial charge in [0.2, 0.25) is 10.0 Å². The van der Waals surface area contributed by atoms with E-state index in [0.717, 1.165) is 16.7 Å². The van der Waals surface area contributed by atoms with Gasteiger partial charge in [-0.15, -0.1) is 0 Å². The average molecular weight is 460 g/mol. The first-order valence-corrected chi connectivity index (χ1v) is 11.8. The van der Waals surface area contributed by atoms with Crippen LogP contribution in [0.2, 0.25) is 0 Å². The molecule has 32 heavy (non-hydrogen) atoms. The Morgan fingerprint density at radius 3 is 2.44 bits per heavy atom. The Labute approximate surface area is 186 Å². The summed E-state index contributed by atoms with van der Waals surface area (Å²) in [5, 5.41) is 0. The number of benzene rings is 3. The lowest BCUT2D eigenvalue weighted by Gasteiger charge is -2.20. The molecule has 4 rings (SSSR count). The second kappa shape index (κ2) is 9.77. The van der Waals surface area contributed by atoms with Crippen molar-refractivity contribution in [3.8, 4) is 5.75 Å². The highest BCUT2D eigenvalue weighted by atomic mass is 32.2. The summed E-state index contributed by atoms with van der Waals surface area (Å²) < 4.78 is 65.7. The number of halogens is 2. The van der Waals surface area contributed by atoms with Gasteiger partial charge in [0.05, 0.1) is 19.0 Å². The molecule has 1 heterocycles. The lowest BCUT2D eigenvalue weighted by Crippen LogP contribution is -2.33. The molecule has 0 saturated heterocycles. The Hall–Kier alpha value is -2.81. The third-order valence-electron chi connectivity index (χ3n) is 5.21. The van der Waals surface area contributed by atoms with Crippen LogP contribution in [0.1, 0.15) is 22.3 Å². The van der Waals surface area contributed by atoms with E-state index in [1.54, 1.807) is 24.3 Å². The van der Waals surface area contributed by atoms with Gasteiger partial charge in [0.25, 0.3) is 0 Å².